The van der Waals surface area contributed by atoms with Crippen molar-refractivity contribution < 1.29 is 22.7 Å². The van der Waals surface area contributed by atoms with Crippen LogP contribution in [0.15, 0.2) is 58.6 Å². The van der Waals surface area contributed by atoms with Gasteiger partial charge in [0, 0.05) is 50.1 Å². The molecule has 0 aliphatic rings. The number of anilines is 2. The minimum atomic E-state index is -3.25. The van der Waals surface area contributed by atoms with Crippen LogP contribution in [0.5, 0.6) is 0 Å². The number of hydrogen-bond acceptors (Lipinski definition) is 10. The molecule has 5 aromatic rings. The third kappa shape index (κ3) is 11.7. The number of amides is 2. The van der Waals surface area contributed by atoms with Gasteiger partial charge in [-0.05, 0) is 87.8 Å². The maximum absolute atomic E-state index is 12.6. The van der Waals surface area contributed by atoms with E-state index in [1.54, 1.807) is 30.7 Å². The van der Waals surface area contributed by atoms with Gasteiger partial charge < -0.3 is 30.2 Å². The first-order valence-electron chi connectivity index (χ1n) is 16.6. The number of hydrogen-bond donors (Lipinski definition) is 4. The van der Waals surface area contributed by atoms with Crippen LogP contribution in [0.1, 0.15) is 62.3 Å². The summed E-state index contributed by atoms with van der Waals surface area (Å²) in [5.74, 6) is 0.0440. The topological polar surface area (TPSA) is 186 Å². The smallest absolute Gasteiger partial charge is 0.255 e. The van der Waals surface area contributed by atoms with E-state index >= 15 is 0 Å². The van der Waals surface area contributed by atoms with E-state index in [-0.39, 0.29) is 27.8 Å². The molecular formula is C35H48BrN9O5SSi. The minimum absolute atomic E-state index is 0.161. The summed E-state index contributed by atoms with van der Waals surface area (Å²) < 4.78 is 31.3. The second-order valence-corrected chi connectivity index (χ2v) is 24.2. The van der Waals surface area contributed by atoms with Gasteiger partial charge in [-0.2, -0.15) is 0 Å². The van der Waals surface area contributed by atoms with Crippen molar-refractivity contribution in [3.05, 3.63) is 64.8 Å². The second kappa shape index (κ2) is 15.8. The maximum atomic E-state index is 12.6. The molecule has 0 unspecified atom stereocenters. The van der Waals surface area contributed by atoms with E-state index in [9.17, 15) is 18.0 Å². The molecular weight excluding hydrogens is 766 g/mol. The summed E-state index contributed by atoms with van der Waals surface area (Å²) in [6.45, 7) is 19.6. The molecule has 17 heteroatoms. The van der Waals surface area contributed by atoms with Crippen LogP contribution in [0, 0.1) is 0 Å². The van der Waals surface area contributed by atoms with Crippen molar-refractivity contribution in [2.75, 3.05) is 18.2 Å². The highest BCUT2D eigenvalue weighted by molar-refractivity contribution is 9.10. The molecule has 5 rings (SSSR count). The first-order chi connectivity index (χ1) is 24.0. The average Bonchev–Trinajstić information content (AvgIpc) is 3.58. The summed E-state index contributed by atoms with van der Waals surface area (Å²) in [5.41, 5.74) is 3.06. The van der Waals surface area contributed by atoms with Crippen LogP contribution in [0.25, 0.3) is 22.3 Å². The molecule has 0 saturated heterocycles. The van der Waals surface area contributed by atoms with Crippen LogP contribution in [-0.4, -0.2) is 81.7 Å². The summed E-state index contributed by atoms with van der Waals surface area (Å²) in [4.78, 5) is 45.9. The number of carbonyl (C=O) groups excluding carboxylic acids is 2. The number of halogens is 1. The fourth-order valence-corrected chi connectivity index (χ4v) is 6.38. The fraction of sp³-hybridized carbons (Fsp3) is 0.429. The second-order valence-electron chi connectivity index (χ2n) is 15.7. The standard InChI is InChI=1S/C18H21N5O3S.C17H27BrN4O2Si/c1-18(2,3)23-17(24)13-9-19-16-15(13)22-14(10-20-16)21-11-5-7-12(8-6-11)27(4,25)26;1-17(2,3)21-16(23)12-10-22(11-24-7-8-25(4,5)6)15-14(12)20-13(18)9-19-15/h5-10H,1-4H3,(H,19,20)(H,21,22)(H,23,24);9-10H,7-8,11H2,1-6H3,(H,21,23). The number of nitrogens with zero attached hydrogens (tertiary/aromatic N) is 5. The quantitative estimate of drug-likeness (QED) is 0.0877. The lowest BCUT2D eigenvalue weighted by Gasteiger charge is -2.20. The lowest BCUT2D eigenvalue weighted by Crippen LogP contribution is -2.40. The highest BCUT2D eigenvalue weighted by atomic mass is 79.9. The third-order valence-corrected chi connectivity index (χ3v) is 10.4. The molecule has 52 heavy (non-hydrogen) atoms. The van der Waals surface area contributed by atoms with E-state index in [0.717, 1.165) is 12.3 Å². The summed E-state index contributed by atoms with van der Waals surface area (Å²) in [5, 5.41) is 8.94. The Hall–Kier alpha value is -4.19. The summed E-state index contributed by atoms with van der Waals surface area (Å²) in [6.07, 6.45) is 7.68. The first kappa shape index (κ1) is 40.6. The number of nitrogens with one attached hydrogen (secondary N) is 4. The number of benzene rings is 1. The van der Waals surface area contributed by atoms with E-state index < -0.39 is 17.9 Å². The largest absolute Gasteiger partial charge is 0.361 e. The van der Waals surface area contributed by atoms with Gasteiger partial charge in [0.25, 0.3) is 11.8 Å². The van der Waals surface area contributed by atoms with Crippen molar-refractivity contribution in [1.29, 1.82) is 0 Å². The number of aromatic amines is 1. The Kier molecular flexibility index (Phi) is 12.3. The van der Waals surface area contributed by atoms with E-state index in [0.29, 0.717) is 62.9 Å². The summed E-state index contributed by atoms with van der Waals surface area (Å²) >= 11 is 3.33. The van der Waals surface area contributed by atoms with E-state index in [2.05, 4.69) is 76.4 Å². The first-order valence-corrected chi connectivity index (χ1v) is 23.0. The van der Waals surface area contributed by atoms with Gasteiger partial charge >= 0.3 is 0 Å². The van der Waals surface area contributed by atoms with Crippen molar-refractivity contribution in [1.82, 2.24) is 40.1 Å². The highest BCUT2D eigenvalue weighted by Crippen LogP contribution is 2.23. The number of carbonyl (C=O) groups is 2. The monoisotopic (exact) mass is 813 g/mol. The fourth-order valence-electron chi connectivity index (χ4n) is 4.71. The van der Waals surface area contributed by atoms with Gasteiger partial charge in [-0.3, -0.25) is 9.59 Å². The van der Waals surface area contributed by atoms with Gasteiger partial charge in [-0.1, -0.05) is 19.6 Å². The maximum Gasteiger partial charge on any atom is 0.255 e. The van der Waals surface area contributed by atoms with Crippen LogP contribution < -0.4 is 16.0 Å². The Morgan fingerprint density at radius 2 is 1.52 bits per heavy atom. The summed E-state index contributed by atoms with van der Waals surface area (Å²) in [6, 6.07) is 7.42. The molecule has 280 valence electrons. The lowest BCUT2D eigenvalue weighted by molar-refractivity contribution is 0.0884. The Morgan fingerprint density at radius 3 is 2.10 bits per heavy atom. The molecule has 0 atom stereocenters. The zero-order valence-corrected chi connectivity index (χ0v) is 34.7. The molecule has 0 saturated carbocycles. The normalized spacial score (nSPS) is 12.4. The predicted octanol–water partition coefficient (Wildman–Crippen LogP) is 6.67. The van der Waals surface area contributed by atoms with Gasteiger partial charge in [0.15, 0.2) is 21.1 Å². The van der Waals surface area contributed by atoms with Crippen molar-refractivity contribution in [3.63, 3.8) is 0 Å². The zero-order valence-electron chi connectivity index (χ0n) is 31.3. The molecule has 1 aromatic carbocycles. The molecule has 4 N–H and O–H groups in total. The Balaban J connectivity index is 0.000000234. The lowest BCUT2D eigenvalue weighted by atomic mass is 10.1. The molecule has 14 nitrogen and oxygen atoms in total. The molecule has 0 aliphatic heterocycles. The number of rotatable bonds is 10. The summed E-state index contributed by atoms with van der Waals surface area (Å²) in [7, 11) is -4.38. The van der Waals surface area contributed by atoms with Crippen LogP contribution >= 0.6 is 15.9 Å². The van der Waals surface area contributed by atoms with Crippen LogP contribution in [0.3, 0.4) is 0 Å². The molecule has 0 spiro atoms. The van der Waals surface area contributed by atoms with E-state index in [1.807, 2.05) is 46.1 Å². The number of aromatic nitrogens is 6. The van der Waals surface area contributed by atoms with Gasteiger partial charge in [0.05, 0.1) is 28.4 Å². The molecule has 0 aliphatic carbocycles. The average molecular weight is 815 g/mol. The van der Waals surface area contributed by atoms with Gasteiger partial charge in [0.2, 0.25) is 0 Å². The molecule has 2 amide bonds. The Labute approximate surface area is 314 Å². The van der Waals surface area contributed by atoms with Crippen molar-refractivity contribution >= 4 is 79.5 Å². The molecule has 4 heterocycles. The van der Waals surface area contributed by atoms with E-state index in [1.165, 1.54) is 18.3 Å². The number of ether oxygens (including phenoxy) is 1. The molecule has 0 fully saturated rings. The van der Waals surface area contributed by atoms with E-state index in [4.69, 9.17) is 4.74 Å². The predicted molar refractivity (Wildman–Crippen MR) is 210 cm³/mol. The molecule has 0 radical (unpaired) electrons. The number of sulfone groups is 1. The molecule has 0 bridgehead atoms. The molecule has 4 aromatic heterocycles. The van der Waals surface area contributed by atoms with Crippen LogP contribution in [-0.2, 0) is 21.3 Å². The van der Waals surface area contributed by atoms with Gasteiger partial charge in [-0.15, -0.1) is 0 Å². The van der Waals surface area contributed by atoms with Crippen molar-refractivity contribution in [2.24, 2.45) is 0 Å². The zero-order chi connectivity index (χ0) is 38.6. The Morgan fingerprint density at radius 1 is 0.904 bits per heavy atom. The minimum Gasteiger partial charge on any atom is -0.361 e. The number of fused-ring (bicyclic) bond motifs is 2. The van der Waals surface area contributed by atoms with Gasteiger partial charge in [0.1, 0.15) is 28.2 Å². The Bertz CT molecular complexity index is 2170. The number of H-pyrrole nitrogens is 1. The van der Waals surface area contributed by atoms with Crippen molar-refractivity contribution in [3.8, 4) is 0 Å². The van der Waals surface area contributed by atoms with Crippen LogP contribution in [0.4, 0.5) is 11.5 Å². The third-order valence-electron chi connectivity index (χ3n) is 7.16. The SMILES string of the molecule is CC(C)(C)NC(=O)c1c[nH]c2ncc(Nc3ccc(S(C)(=O)=O)cc3)nc12.CC(C)(C)NC(=O)c1cn(COCC[Si](C)(C)C)c2ncc(Br)nc12. The highest BCUT2D eigenvalue weighted by Gasteiger charge is 2.23. The van der Waals surface area contributed by atoms with Crippen molar-refractivity contribution in [2.45, 2.75) is 89.9 Å². The van der Waals surface area contributed by atoms with Crippen LogP contribution in [0.2, 0.25) is 25.7 Å². The van der Waals surface area contributed by atoms with Gasteiger partial charge in [-0.25, -0.2) is 28.4 Å².